The van der Waals surface area contributed by atoms with Crippen LogP contribution in [-0.4, -0.2) is 22.4 Å². The lowest BCUT2D eigenvalue weighted by molar-refractivity contribution is 0.0953. The van der Waals surface area contributed by atoms with Gasteiger partial charge in [0.2, 0.25) is 0 Å². The van der Waals surface area contributed by atoms with Gasteiger partial charge in [0.15, 0.2) is 0 Å². The zero-order chi connectivity index (χ0) is 13.7. The first-order valence-electron chi connectivity index (χ1n) is 5.74. The van der Waals surface area contributed by atoms with E-state index in [4.69, 9.17) is 5.73 Å². The Morgan fingerprint density at radius 2 is 2.05 bits per heavy atom. The van der Waals surface area contributed by atoms with E-state index in [1.807, 2.05) is 18.2 Å². The van der Waals surface area contributed by atoms with Crippen molar-refractivity contribution in [1.82, 2.24) is 15.3 Å². The molecule has 0 spiro atoms. The molecule has 0 saturated carbocycles. The van der Waals surface area contributed by atoms with Crippen molar-refractivity contribution >= 4 is 34.2 Å². The number of anilines is 1. The second kappa shape index (κ2) is 6.46. The van der Waals surface area contributed by atoms with Crippen molar-refractivity contribution in [2.75, 3.05) is 12.3 Å². The zero-order valence-corrected chi connectivity index (χ0v) is 12.3. The van der Waals surface area contributed by atoms with Crippen LogP contribution in [0.2, 0.25) is 0 Å². The smallest absolute Gasteiger partial charge is 0.254 e. The molecule has 0 unspecified atom stereocenters. The van der Waals surface area contributed by atoms with E-state index in [0.29, 0.717) is 12.1 Å². The van der Waals surface area contributed by atoms with Gasteiger partial charge in [0.1, 0.15) is 6.33 Å². The van der Waals surface area contributed by atoms with Crippen LogP contribution in [0.5, 0.6) is 0 Å². The number of benzene rings is 1. The molecule has 19 heavy (non-hydrogen) atoms. The van der Waals surface area contributed by atoms with Crippen molar-refractivity contribution in [3.8, 4) is 0 Å². The van der Waals surface area contributed by atoms with Crippen LogP contribution in [0.4, 0.5) is 5.69 Å². The predicted molar refractivity (Wildman–Crippen MR) is 81.6 cm³/mol. The summed E-state index contributed by atoms with van der Waals surface area (Å²) in [5.41, 5.74) is 8.13. The van der Waals surface area contributed by atoms with E-state index in [1.165, 1.54) is 18.7 Å². The van der Waals surface area contributed by atoms with E-state index in [0.717, 1.165) is 21.2 Å². The molecule has 0 atom stereocenters. The number of hydrogen-bond donors (Lipinski definition) is 2. The molecule has 3 N–H and O–H groups in total. The van der Waals surface area contributed by atoms with Gasteiger partial charge in [-0.25, -0.2) is 9.97 Å². The molecule has 0 saturated heterocycles. The van der Waals surface area contributed by atoms with Gasteiger partial charge in [0.25, 0.3) is 5.91 Å². The first-order valence-corrected chi connectivity index (χ1v) is 6.82. The van der Waals surface area contributed by atoms with E-state index in [-0.39, 0.29) is 5.91 Å². The monoisotopic (exact) mass is 368 g/mol. The minimum Gasteiger partial charge on any atom is -0.398 e. The summed E-state index contributed by atoms with van der Waals surface area (Å²) in [6.45, 7) is 0.563. The van der Waals surface area contributed by atoms with E-state index in [2.05, 4.69) is 37.9 Å². The number of nitrogen functional groups attached to an aromatic ring is 1. The van der Waals surface area contributed by atoms with Gasteiger partial charge in [-0.1, -0.05) is 6.07 Å². The van der Waals surface area contributed by atoms with Crippen LogP contribution < -0.4 is 11.1 Å². The predicted octanol–water partition coefficient (Wildman–Crippen LogP) is 1.64. The summed E-state index contributed by atoms with van der Waals surface area (Å²) < 4.78 is 1.03. The number of aromatic nitrogens is 2. The average molecular weight is 368 g/mol. The summed E-state index contributed by atoms with van der Waals surface area (Å²) in [6, 6.07) is 5.87. The number of nitrogens with one attached hydrogen (secondary N) is 1. The topological polar surface area (TPSA) is 80.9 Å². The van der Waals surface area contributed by atoms with Gasteiger partial charge in [0, 0.05) is 28.2 Å². The Balaban J connectivity index is 1.87. The van der Waals surface area contributed by atoms with Crippen LogP contribution in [0, 0.1) is 3.57 Å². The van der Waals surface area contributed by atoms with E-state index in [1.54, 1.807) is 0 Å². The number of amides is 1. The summed E-state index contributed by atoms with van der Waals surface area (Å²) in [6.07, 6.45) is 5.14. The number of carbonyl (C=O) groups is 1. The molecule has 1 aromatic heterocycles. The first kappa shape index (κ1) is 13.7. The van der Waals surface area contributed by atoms with Crippen LogP contribution in [0.3, 0.4) is 0 Å². The van der Waals surface area contributed by atoms with E-state index < -0.39 is 0 Å². The molecule has 5 nitrogen and oxygen atoms in total. The third kappa shape index (κ3) is 3.88. The minimum absolute atomic E-state index is 0.161. The van der Waals surface area contributed by atoms with Crippen LogP contribution in [0.15, 0.2) is 36.9 Å². The van der Waals surface area contributed by atoms with E-state index in [9.17, 15) is 4.79 Å². The maximum absolute atomic E-state index is 11.7. The van der Waals surface area contributed by atoms with Crippen LogP contribution in [0.25, 0.3) is 0 Å². The van der Waals surface area contributed by atoms with Crippen molar-refractivity contribution in [3.05, 3.63) is 51.6 Å². The Bertz CT molecular complexity index is 574. The molecule has 0 radical (unpaired) electrons. The molecule has 2 rings (SSSR count). The lowest BCUT2D eigenvalue weighted by atomic mass is 10.1. The number of halogens is 1. The van der Waals surface area contributed by atoms with Crippen molar-refractivity contribution in [2.24, 2.45) is 0 Å². The highest BCUT2D eigenvalue weighted by Crippen LogP contribution is 2.16. The summed E-state index contributed by atoms with van der Waals surface area (Å²) >= 11 is 2.20. The Morgan fingerprint density at radius 3 is 2.74 bits per heavy atom. The number of rotatable bonds is 4. The van der Waals surface area contributed by atoms with Gasteiger partial charge in [-0.15, -0.1) is 0 Å². The molecule has 1 heterocycles. The van der Waals surface area contributed by atoms with Gasteiger partial charge in [0.05, 0.1) is 5.56 Å². The number of carbonyl (C=O) groups excluding carboxylic acids is 1. The number of hydrogen-bond acceptors (Lipinski definition) is 4. The molecule has 1 amide bonds. The lowest BCUT2D eigenvalue weighted by Gasteiger charge is -2.06. The summed E-state index contributed by atoms with van der Waals surface area (Å²) in [7, 11) is 0. The lowest BCUT2D eigenvalue weighted by Crippen LogP contribution is -2.25. The maximum Gasteiger partial charge on any atom is 0.254 e. The highest BCUT2D eigenvalue weighted by Gasteiger charge is 2.05. The summed E-state index contributed by atoms with van der Waals surface area (Å²) in [5, 5.41) is 2.83. The Morgan fingerprint density at radius 1 is 1.32 bits per heavy atom. The molecule has 6 heteroatoms. The minimum atomic E-state index is -0.161. The fourth-order valence-electron chi connectivity index (χ4n) is 1.56. The second-order valence-electron chi connectivity index (χ2n) is 3.99. The highest BCUT2D eigenvalue weighted by atomic mass is 127. The first-order chi connectivity index (χ1) is 9.16. The molecular formula is C13H13IN4O. The molecular weight excluding hydrogens is 355 g/mol. The van der Waals surface area contributed by atoms with Crippen LogP contribution >= 0.6 is 22.6 Å². The fraction of sp³-hybridized carbons (Fsp3) is 0.154. The quantitative estimate of drug-likeness (QED) is 0.635. The SMILES string of the molecule is Nc1ccc(CCNC(=O)c2cncnc2)cc1I. The fourth-order valence-corrected chi connectivity index (χ4v) is 2.14. The molecule has 0 aliphatic heterocycles. The van der Waals surface area contributed by atoms with Crippen LogP contribution in [0.1, 0.15) is 15.9 Å². The van der Waals surface area contributed by atoms with Crippen molar-refractivity contribution in [1.29, 1.82) is 0 Å². The van der Waals surface area contributed by atoms with Crippen molar-refractivity contribution < 1.29 is 4.79 Å². The number of nitrogens with zero attached hydrogens (tertiary/aromatic N) is 2. The molecule has 0 bridgehead atoms. The molecule has 1 aromatic carbocycles. The maximum atomic E-state index is 11.7. The van der Waals surface area contributed by atoms with E-state index >= 15 is 0 Å². The zero-order valence-electron chi connectivity index (χ0n) is 10.1. The molecule has 0 aliphatic rings. The van der Waals surface area contributed by atoms with Crippen molar-refractivity contribution in [3.63, 3.8) is 0 Å². The third-order valence-corrected chi connectivity index (χ3v) is 3.52. The van der Waals surface area contributed by atoms with Gasteiger partial charge >= 0.3 is 0 Å². The van der Waals surface area contributed by atoms with Gasteiger partial charge in [-0.2, -0.15) is 0 Å². The van der Waals surface area contributed by atoms with Gasteiger partial charge < -0.3 is 11.1 Å². The highest BCUT2D eigenvalue weighted by molar-refractivity contribution is 14.1. The van der Waals surface area contributed by atoms with Crippen LogP contribution in [-0.2, 0) is 6.42 Å². The third-order valence-electron chi connectivity index (χ3n) is 2.59. The normalized spacial score (nSPS) is 10.2. The summed E-state index contributed by atoms with van der Waals surface area (Å²) in [4.78, 5) is 19.4. The van der Waals surface area contributed by atoms with Crippen molar-refractivity contribution in [2.45, 2.75) is 6.42 Å². The molecule has 0 fully saturated rings. The Hall–Kier alpha value is -1.70. The largest absolute Gasteiger partial charge is 0.398 e. The number of nitrogens with two attached hydrogens (primary N) is 1. The van der Waals surface area contributed by atoms with Gasteiger partial charge in [-0.3, -0.25) is 4.79 Å². The molecule has 2 aromatic rings. The Kier molecular flexibility index (Phi) is 4.67. The average Bonchev–Trinajstić information content (AvgIpc) is 2.43. The summed E-state index contributed by atoms with van der Waals surface area (Å²) in [5.74, 6) is -0.161. The second-order valence-corrected chi connectivity index (χ2v) is 5.15. The Labute approximate surface area is 124 Å². The molecule has 98 valence electrons. The molecule has 0 aliphatic carbocycles. The van der Waals surface area contributed by atoms with Gasteiger partial charge in [-0.05, 0) is 46.7 Å². The standard InChI is InChI=1S/C13H13IN4O/c14-11-5-9(1-2-12(11)15)3-4-18-13(19)10-6-16-8-17-7-10/h1-2,5-8H,3-4,15H2,(H,18,19).